The van der Waals surface area contributed by atoms with E-state index in [1.807, 2.05) is 0 Å². The Bertz CT molecular complexity index is 124. The molecule has 3 atom stereocenters. The highest BCUT2D eigenvalue weighted by atomic mass is 16.3. The fraction of sp³-hybridized carbons (Fsp3) is 1.00. The van der Waals surface area contributed by atoms with E-state index in [9.17, 15) is 5.11 Å². The quantitative estimate of drug-likeness (QED) is 0.515. The summed E-state index contributed by atoms with van der Waals surface area (Å²) in [4.78, 5) is 0. The Kier molecular flexibility index (Phi) is 1.66. The van der Waals surface area contributed by atoms with Crippen LogP contribution in [0.15, 0.2) is 0 Å². The van der Waals surface area contributed by atoms with Crippen molar-refractivity contribution in [2.75, 3.05) is 6.54 Å². The summed E-state index contributed by atoms with van der Waals surface area (Å²) >= 11 is 0. The van der Waals surface area contributed by atoms with E-state index in [-0.39, 0.29) is 6.10 Å². The smallest absolute Gasteiger partial charge is 0.0693 e. The fourth-order valence-corrected chi connectivity index (χ4v) is 2.22. The molecule has 1 heterocycles. The van der Waals surface area contributed by atoms with Crippen molar-refractivity contribution in [1.82, 2.24) is 5.32 Å². The first-order valence-corrected chi connectivity index (χ1v) is 4.28. The van der Waals surface area contributed by atoms with Gasteiger partial charge in [0.05, 0.1) is 6.10 Å². The third-order valence-corrected chi connectivity index (χ3v) is 2.87. The average molecular weight is 141 g/mol. The SMILES string of the molecule is OC1CNC2CCCC1C2. The van der Waals surface area contributed by atoms with E-state index < -0.39 is 0 Å². The molecule has 0 aromatic carbocycles. The van der Waals surface area contributed by atoms with Crippen molar-refractivity contribution in [3.8, 4) is 0 Å². The molecular formula is C8H15NO. The van der Waals surface area contributed by atoms with Crippen molar-refractivity contribution in [3.63, 3.8) is 0 Å². The molecule has 0 spiro atoms. The lowest BCUT2D eigenvalue weighted by atomic mass is 9.79. The van der Waals surface area contributed by atoms with E-state index in [0.717, 1.165) is 12.6 Å². The van der Waals surface area contributed by atoms with Gasteiger partial charge in [-0.05, 0) is 25.2 Å². The molecule has 2 bridgehead atoms. The zero-order chi connectivity index (χ0) is 6.97. The number of β-amino-alcohol motifs (C(OH)–C–C–N with tert-alkyl or cyclic N) is 1. The second kappa shape index (κ2) is 2.51. The first-order valence-electron chi connectivity index (χ1n) is 4.28. The van der Waals surface area contributed by atoms with Gasteiger partial charge in [0.1, 0.15) is 0 Å². The standard InChI is InChI=1S/C8H15NO/c10-8-5-9-7-3-1-2-6(8)4-7/h6-10H,1-5H2. The van der Waals surface area contributed by atoms with Gasteiger partial charge in [-0.25, -0.2) is 0 Å². The highest BCUT2D eigenvalue weighted by Crippen LogP contribution is 2.29. The lowest BCUT2D eigenvalue weighted by Gasteiger charge is -2.38. The van der Waals surface area contributed by atoms with Gasteiger partial charge in [0, 0.05) is 12.6 Å². The van der Waals surface area contributed by atoms with E-state index in [0.29, 0.717) is 5.92 Å². The van der Waals surface area contributed by atoms with E-state index in [2.05, 4.69) is 5.32 Å². The molecule has 2 N–H and O–H groups in total. The van der Waals surface area contributed by atoms with Gasteiger partial charge in [0.25, 0.3) is 0 Å². The fourth-order valence-electron chi connectivity index (χ4n) is 2.22. The molecule has 3 unspecified atom stereocenters. The highest BCUT2D eigenvalue weighted by molar-refractivity contribution is 4.87. The Hall–Kier alpha value is -0.0800. The molecule has 2 heteroatoms. The summed E-state index contributed by atoms with van der Waals surface area (Å²) in [7, 11) is 0. The minimum Gasteiger partial charge on any atom is -0.392 e. The molecular weight excluding hydrogens is 126 g/mol. The zero-order valence-electron chi connectivity index (χ0n) is 6.21. The minimum absolute atomic E-state index is 0.0588. The largest absolute Gasteiger partial charge is 0.392 e. The van der Waals surface area contributed by atoms with E-state index in [1.54, 1.807) is 0 Å². The number of aliphatic hydroxyl groups is 1. The Labute approximate surface area is 61.6 Å². The van der Waals surface area contributed by atoms with Gasteiger partial charge in [-0.2, -0.15) is 0 Å². The van der Waals surface area contributed by atoms with Crippen LogP contribution in [0.1, 0.15) is 25.7 Å². The van der Waals surface area contributed by atoms with Gasteiger partial charge in [-0.15, -0.1) is 0 Å². The van der Waals surface area contributed by atoms with Gasteiger partial charge in [0.15, 0.2) is 0 Å². The van der Waals surface area contributed by atoms with Crippen LogP contribution in [0.4, 0.5) is 0 Å². The molecule has 1 aliphatic carbocycles. The van der Waals surface area contributed by atoms with Crippen molar-refractivity contribution < 1.29 is 5.11 Å². The summed E-state index contributed by atoms with van der Waals surface area (Å²) in [6, 6.07) is 0.724. The predicted octanol–water partition coefficient (Wildman–Crippen LogP) is 0.509. The van der Waals surface area contributed by atoms with Gasteiger partial charge in [-0.1, -0.05) is 6.42 Å². The first kappa shape index (κ1) is 6.62. The van der Waals surface area contributed by atoms with Crippen molar-refractivity contribution in [2.24, 2.45) is 5.92 Å². The summed E-state index contributed by atoms with van der Waals surface area (Å²) in [6.45, 7) is 0.829. The third kappa shape index (κ3) is 1.06. The molecule has 2 aliphatic rings. The normalized spacial score (nSPS) is 47.1. The number of fused-ring (bicyclic) bond motifs is 2. The Morgan fingerprint density at radius 1 is 1.30 bits per heavy atom. The lowest BCUT2D eigenvalue weighted by Crippen LogP contribution is -2.49. The van der Waals surface area contributed by atoms with Crippen LogP contribution in [-0.2, 0) is 0 Å². The molecule has 1 saturated heterocycles. The lowest BCUT2D eigenvalue weighted by molar-refractivity contribution is 0.0416. The number of aliphatic hydroxyl groups excluding tert-OH is 1. The summed E-state index contributed by atoms with van der Waals surface area (Å²) in [6.07, 6.45) is 5.03. The van der Waals surface area contributed by atoms with Crippen LogP contribution >= 0.6 is 0 Å². The molecule has 1 aliphatic heterocycles. The minimum atomic E-state index is -0.0588. The van der Waals surface area contributed by atoms with Crippen LogP contribution < -0.4 is 5.32 Å². The van der Waals surface area contributed by atoms with Crippen LogP contribution in [0.3, 0.4) is 0 Å². The summed E-state index contributed by atoms with van der Waals surface area (Å²) in [5.41, 5.74) is 0. The molecule has 0 aromatic rings. The van der Waals surface area contributed by atoms with Crippen molar-refractivity contribution in [3.05, 3.63) is 0 Å². The molecule has 2 rings (SSSR count). The maximum Gasteiger partial charge on any atom is 0.0693 e. The highest BCUT2D eigenvalue weighted by Gasteiger charge is 2.31. The number of hydrogen-bond acceptors (Lipinski definition) is 2. The molecule has 0 radical (unpaired) electrons. The summed E-state index contributed by atoms with van der Waals surface area (Å²) < 4.78 is 0. The maximum absolute atomic E-state index is 9.46. The molecule has 2 fully saturated rings. The van der Waals surface area contributed by atoms with Crippen LogP contribution in [-0.4, -0.2) is 23.8 Å². The molecule has 0 amide bonds. The van der Waals surface area contributed by atoms with Crippen molar-refractivity contribution in [1.29, 1.82) is 0 Å². The molecule has 2 nitrogen and oxygen atoms in total. The monoisotopic (exact) mass is 141 g/mol. The third-order valence-electron chi connectivity index (χ3n) is 2.87. The number of rotatable bonds is 0. The summed E-state index contributed by atoms with van der Waals surface area (Å²) in [5.74, 6) is 0.611. The van der Waals surface area contributed by atoms with Gasteiger partial charge in [0.2, 0.25) is 0 Å². The second-order valence-corrected chi connectivity index (χ2v) is 3.60. The Morgan fingerprint density at radius 3 is 3.00 bits per heavy atom. The molecule has 1 saturated carbocycles. The summed E-state index contributed by atoms with van der Waals surface area (Å²) in [5, 5.41) is 12.8. The van der Waals surface area contributed by atoms with Crippen LogP contribution in [0.5, 0.6) is 0 Å². The molecule has 58 valence electrons. The van der Waals surface area contributed by atoms with Crippen molar-refractivity contribution >= 4 is 0 Å². The van der Waals surface area contributed by atoms with E-state index in [1.165, 1.54) is 25.7 Å². The number of nitrogens with one attached hydrogen (secondary N) is 1. The van der Waals surface area contributed by atoms with E-state index in [4.69, 9.17) is 0 Å². The Balaban J connectivity index is 2.00. The van der Waals surface area contributed by atoms with Crippen LogP contribution in [0.2, 0.25) is 0 Å². The van der Waals surface area contributed by atoms with Crippen LogP contribution in [0, 0.1) is 5.92 Å². The van der Waals surface area contributed by atoms with Crippen molar-refractivity contribution in [2.45, 2.75) is 37.8 Å². The van der Waals surface area contributed by atoms with Gasteiger partial charge < -0.3 is 10.4 Å². The van der Waals surface area contributed by atoms with Gasteiger partial charge >= 0.3 is 0 Å². The maximum atomic E-state index is 9.46. The zero-order valence-corrected chi connectivity index (χ0v) is 6.21. The topological polar surface area (TPSA) is 32.3 Å². The first-order chi connectivity index (χ1) is 4.86. The Morgan fingerprint density at radius 2 is 2.20 bits per heavy atom. The van der Waals surface area contributed by atoms with Gasteiger partial charge in [-0.3, -0.25) is 0 Å². The number of piperidine rings is 1. The molecule has 0 aromatic heterocycles. The number of hydrogen-bond donors (Lipinski definition) is 2. The average Bonchev–Trinajstić information content (AvgIpc) is 1.99. The van der Waals surface area contributed by atoms with E-state index >= 15 is 0 Å². The second-order valence-electron chi connectivity index (χ2n) is 3.60. The van der Waals surface area contributed by atoms with Crippen LogP contribution in [0.25, 0.3) is 0 Å². The molecule has 10 heavy (non-hydrogen) atoms. The predicted molar refractivity (Wildman–Crippen MR) is 39.8 cm³/mol.